The first kappa shape index (κ1) is 21.2. The van der Waals surface area contributed by atoms with E-state index in [1.807, 2.05) is 0 Å². The Morgan fingerprint density at radius 1 is 0.800 bits per heavy atom. The van der Waals surface area contributed by atoms with Crippen molar-refractivity contribution >= 4 is 12.2 Å². The molecule has 2 aromatic carbocycles. The van der Waals surface area contributed by atoms with Gasteiger partial charge in [0.1, 0.15) is 11.4 Å². The lowest BCUT2D eigenvalue weighted by Crippen LogP contribution is -2.46. The lowest BCUT2D eigenvalue weighted by Gasteiger charge is -2.43. The summed E-state index contributed by atoms with van der Waals surface area (Å²) >= 11 is 0. The van der Waals surface area contributed by atoms with Crippen LogP contribution in [0.2, 0.25) is 0 Å². The van der Waals surface area contributed by atoms with Crippen LogP contribution in [-0.4, -0.2) is 29.1 Å². The van der Waals surface area contributed by atoms with E-state index >= 15 is 0 Å². The van der Waals surface area contributed by atoms with Crippen LogP contribution in [0, 0.1) is 5.92 Å². The van der Waals surface area contributed by atoms with Crippen molar-refractivity contribution in [3.8, 4) is 5.75 Å². The first-order chi connectivity index (χ1) is 14.1. The first-order valence-electron chi connectivity index (χ1n) is 11.5. The highest BCUT2D eigenvalue weighted by molar-refractivity contribution is 5.77. The monoisotopic (exact) mass is 403 g/mol. The van der Waals surface area contributed by atoms with Gasteiger partial charge in [-0.05, 0) is 108 Å². The first-order valence-corrected chi connectivity index (χ1v) is 11.5. The molecule has 1 aliphatic heterocycles. The summed E-state index contributed by atoms with van der Waals surface area (Å²) < 4.78 is 6.26. The Morgan fingerprint density at radius 3 is 2.07 bits per heavy atom. The second-order valence-electron chi connectivity index (χ2n) is 10.9. The van der Waals surface area contributed by atoms with Gasteiger partial charge in [-0.15, -0.1) is 0 Å². The molecular weight excluding hydrogens is 366 g/mol. The number of hydrogen-bond acceptors (Lipinski definition) is 2. The molecule has 2 aliphatic rings. The van der Waals surface area contributed by atoms with Crippen LogP contribution in [-0.2, 0) is 0 Å². The van der Waals surface area contributed by atoms with Crippen molar-refractivity contribution in [3.63, 3.8) is 0 Å². The Morgan fingerprint density at radius 2 is 1.43 bits per heavy atom. The van der Waals surface area contributed by atoms with Crippen molar-refractivity contribution in [2.75, 3.05) is 13.1 Å². The topological polar surface area (TPSA) is 12.5 Å². The fourth-order valence-electron chi connectivity index (χ4n) is 5.10. The minimum absolute atomic E-state index is 0.194. The van der Waals surface area contributed by atoms with Crippen LogP contribution in [0.5, 0.6) is 5.75 Å². The number of rotatable bonds is 2. The van der Waals surface area contributed by atoms with Gasteiger partial charge in [0, 0.05) is 11.5 Å². The summed E-state index contributed by atoms with van der Waals surface area (Å²) in [4.78, 5) is 2.64. The average molecular weight is 404 g/mol. The van der Waals surface area contributed by atoms with Gasteiger partial charge in [-0.3, -0.25) is 4.90 Å². The fourth-order valence-corrected chi connectivity index (χ4v) is 5.10. The van der Waals surface area contributed by atoms with E-state index in [0.717, 1.165) is 5.75 Å². The van der Waals surface area contributed by atoms with Crippen molar-refractivity contribution < 1.29 is 4.74 Å². The highest BCUT2D eigenvalue weighted by Gasteiger charge is 2.34. The summed E-state index contributed by atoms with van der Waals surface area (Å²) in [5, 5.41) is 0. The maximum Gasteiger partial charge on any atom is 0.120 e. The van der Waals surface area contributed by atoms with Crippen LogP contribution in [0.1, 0.15) is 82.6 Å². The van der Waals surface area contributed by atoms with Gasteiger partial charge in [-0.1, -0.05) is 42.5 Å². The Hall–Kier alpha value is -2.06. The van der Waals surface area contributed by atoms with Gasteiger partial charge in [0.05, 0.1) is 0 Å². The summed E-state index contributed by atoms with van der Waals surface area (Å²) in [6, 6.07) is 15.7. The second kappa shape index (κ2) is 7.89. The van der Waals surface area contributed by atoms with Gasteiger partial charge in [-0.2, -0.15) is 0 Å². The SMILES string of the molecule is CC(C)(C)Oc1ccc2c(c1)C(C1CCN(C(C)(C)C)CC1)c1ccccc1C=C2. The van der Waals surface area contributed by atoms with E-state index in [9.17, 15) is 0 Å². The zero-order valence-corrected chi connectivity index (χ0v) is 19.5. The molecule has 4 rings (SSSR count). The van der Waals surface area contributed by atoms with E-state index in [2.05, 4.69) is 101 Å². The number of likely N-dealkylation sites (tertiary alicyclic amines) is 1. The summed E-state index contributed by atoms with van der Waals surface area (Å²) in [6.07, 6.45) is 7.06. The second-order valence-corrected chi connectivity index (χ2v) is 10.9. The predicted molar refractivity (Wildman–Crippen MR) is 128 cm³/mol. The number of benzene rings is 2. The minimum atomic E-state index is -0.194. The van der Waals surface area contributed by atoms with E-state index in [0.29, 0.717) is 11.8 Å². The Labute approximate surface area is 182 Å². The normalized spacial score (nSPS) is 20.4. The zero-order valence-electron chi connectivity index (χ0n) is 19.5. The molecular formula is C28H37NO. The average Bonchev–Trinajstić information content (AvgIpc) is 2.83. The third-order valence-corrected chi connectivity index (χ3v) is 6.55. The number of hydrogen-bond donors (Lipinski definition) is 0. The lowest BCUT2D eigenvalue weighted by molar-refractivity contribution is 0.0834. The number of nitrogens with zero attached hydrogens (tertiary/aromatic N) is 1. The summed E-state index contributed by atoms with van der Waals surface area (Å²) in [6.45, 7) is 15.7. The molecule has 0 spiro atoms. The Bertz CT molecular complexity index is 920. The summed E-state index contributed by atoms with van der Waals surface area (Å²) in [5.74, 6) is 2.04. The molecule has 0 saturated carbocycles. The zero-order chi connectivity index (χ0) is 21.5. The van der Waals surface area contributed by atoms with E-state index < -0.39 is 0 Å². The van der Waals surface area contributed by atoms with Crippen LogP contribution in [0.4, 0.5) is 0 Å². The van der Waals surface area contributed by atoms with E-state index in [-0.39, 0.29) is 11.1 Å². The summed E-state index contributed by atoms with van der Waals surface area (Å²) in [7, 11) is 0. The number of piperidine rings is 1. The van der Waals surface area contributed by atoms with Gasteiger partial charge < -0.3 is 4.74 Å². The molecule has 0 aromatic heterocycles. The van der Waals surface area contributed by atoms with Crippen molar-refractivity contribution in [2.24, 2.45) is 5.92 Å². The molecule has 2 heteroatoms. The Kier molecular flexibility index (Phi) is 5.57. The van der Waals surface area contributed by atoms with Crippen LogP contribution >= 0.6 is 0 Å². The molecule has 1 saturated heterocycles. The maximum atomic E-state index is 6.26. The van der Waals surface area contributed by atoms with Gasteiger partial charge in [0.25, 0.3) is 0 Å². The maximum absolute atomic E-state index is 6.26. The van der Waals surface area contributed by atoms with E-state index in [1.54, 1.807) is 0 Å². The smallest absolute Gasteiger partial charge is 0.120 e. The van der Waals surface area contributed by atoms with Gasteiger partial charge in [0.15, 0.2) is 0 Å². The van der Waals surface area contributed by atoms with Crippen LogP contribution in [0.25, 0.3) is 12.2 Å². The molecule has 2 nitrogen and oxygen atoms in total. The van der Waals surface area contributed by atoms with Gasteiger partial charge in [-0.25, -0.2) is 0 Å². The van der Waals surface area contributed by atoms with Crippen molar-refractivity contribution in [3.05, 3.63) is 64.7 Å². The molecule has 0 radical (unpaired) electrons. The predicted octanol–water partition coefficient (Wildman–Crippen LogP) is 6.99. The molecule has 1 heterocycles. The van der Waals surface area contributed by atoms with Crippen molar-refractivity contribution in [1.82, 2.24) is 4.90 Å². The molecule has 0 bridgehead atoms. The highest BCUT2D eigenvalue weighted by Crippen LogP contribution is 2.44. The van der Waals surface area contributed by atoms with Gasteiger partial charge in [0.2, 0.25) is 0 Å². The third-order valence-electron chi connectivity index (χ3n) is 6.55. The molecule has 0 N–H and O–H groups in total. The molecule has 1 aliphatic carbocycles. The minimum Gasteiger partial charge on any atom is -0.488 e. The highest BCUT2D eigenvalue weighted by atomic mass is 16.5. The molecule has 1 unspecified atom stereocenters. The Balaban J connectivity index is 1.74. The summed E-state index contributed by atoms with van der Waals surface area (Å²) in [5.41, 5.74) is 5.63. The molecule has 0 amide bonds. The quantitative estimate of drug-likeness (QED) is 0.536. The number of ether oxygens (including phenoxy) is 1. The van der Waals surface area contributed by atoms with Crippen LogP contribution in [0.3, 0.4) is 0 Å². The molecule has 30 heavy (non-hydrogen) atoms. The van der Waals surface area contributed by atoms with Crippen molar-refractivity contribution in [1.29, 1.82) is 0 Å². The molecule has 160 valence electrons. The number of fused-ring (bicyclic) bond motifs is 2. The largest absolute Gasteiger partial charge is 0.488 e. The fraction of sp³-hybridized carbons (Fsp3) is 0.500. The lowest BCUT2D eigenvalue weighted by atomic mass is 9.74. The van der Waals surface area contributed by atoms with Crippen LogP contribution in [0.15, 0.2) is 42.5 Å². The van der Waals surface area contributed by atoms with Gasteiger partial charge >= 0.3 is 0 Å². The van der Waals surface area contributed by atoms with Crippen molar-refractivity contribution in [2.45, 2.75) is 71.4 Å². The van der Waals surface area contributed by atoms with E-state index in [1.165, 1.54) is 48.2 Å². The molecule has 2 aromatic rings. The standard InChI is InChI=1S/C28H37NO/c1-27(2,3)29-17-15-22(16-18-29)26-24-10-8-7-9-20(24)11-12-21-13-14-23(19-25(21)26)30-28(4,5)6/h7-14,19,22,26H,15-18H2,1-6H3. The molecule has 1 atom stereocenters. The molecule has 1 fully saturated rings. The van der Waals surface area contributed by atoms with Crippen LogP contribution < -0.4 is 4.74 Å². The third kappa shape index (κ3) is 4.49. The van der Waals surface area contributed by atoms with E-state index in [4.69, 9.17) is 4.74 Å².